The van der Waals surface area contributed by atoms with E-state index in [1.165, 1.54) is 6.07 Å². The molecule has 0 aliphatic heterocycles. The van der Waals surface area contributed by atoms with E-state index in [1.807, 2.05) is 19.1 Å². The number of ether oxygens (including phenoxy) is 2. The van der Waals surface area contributed by atoms with Gasteiger partial charge in [-0.15, -0.1) is 0 Å². The first kappa shape index (κ1) is 24.0. The molecule has 2 aromatic rings. The normalized spacial score (nSPS) is 25.6. The van der Waals surface area contributed by atoms with Crippen molar-refractivity contribution in [1.82, 2.24) is 0 Å². The van der Waals surface area contributed by atoms with Crippen LogP contribution in [0, 0.1) is 29.3 Å². The van der Waals surface area contributed by atoms with Crippen LogP contribution in [-0.2, 0) is 0 Å². The molecule has 2 aromatic carbocycles. The summed E-state index contributed by atoms with van der Waals surface area (Å²) >= 11 is 0. The maximum Gasteiger partial charge on any atom is 0.168 e. The summed E-state index contributed by atoms with van der Waals surface area (Å²) < 4.78 is 55.0. The molecule has 0 bridgehead atoms. The van der Waals surface area contributed by atoms with Gasteiger partial charge in [0.25, 0.3) is 0 Å². The maximum absolute atomic E-state index is 15.0. The summed E-state index contributed by atoms with van der Waals surface area (Å²) in [6.45, 7) is 4.95. The molecule has 180 valence electrons. The van der Waals surface area contributed by atoms with Crippen LogP contribution in [0.5, 0.6) is 11.5 Å². The van der Waals surface area contributed by atoms with Crippen LogP contribution in [0.2, 0.25) is 0 Å². The van der Waals surface area contributed by atoms with Gasteiger partial charge in [0, 0.05) is 6.07 Å². The summed E-state index contributed by atoms with van der Waals surface area (Å²) in [6, 6.07) is 8.32. The topological polar surface area (TPSA) is 18.5 Å². The average molecular weight is 461 g/mol. The molecule has 0 amide bonds. The molecule has 2 aliphatic rings. The number of benzene rings is 2. The monoisotopic (exact) mass is 460 g/mol. The molecule has 0 aromatic heterocycles. The van der Waals surface area contributed by atoms with Crippen molar-refractivity contribution in [1.29, 1.82) is 0 Å². The van der Waals surface area contributed by atoms with Crippen LogP contribution in [0.1, 0.15) is 88.2 Å². The zero-order valence-corrected chi connectivity index (χ0v) is 19.7. The predicted octanol–water partition coefficient (Wildman–Crippen LogP) is 8.15. The van der Waals surface area contributed by atoms with Gasteiger partial charge in [-0.25, -0.2) is 13.2 Å². The Morgan fingerprint density at radius 3 is 1.88 bits per heavy atom. The van der Waals surface area contributed by atoms with Crippen LogP contribution < -0.4 is 9.47 Å². The van der Waals surface area contributed by atoms with E-state index in [2.05, 4.69) is 6.92 Å². The fourth-order valence-corrected chi connectivity index (χ4v) is 5.48. The van der Waals surface area contributed by atoms with Crippen LogP contribution >= 0.6 is 0 Å². The molecular formula is C28H35F3O2. The highest BCUT2D eigenvalue weighted by Crippen LogP contribution is 2.41. The first-order chi connectivity index (χ1) is 16.0. The lowest BCUT2D eigenvalue weighted by atomic mass is 9.76. The Hall–Kier alpha value is -2.17. The molecule has 0 N–H and O–H groups in total. The summed E-state index contributed by atoms with van der Waals surface area (Å²) in [6.07, 6.45) is 7.44. The Labute approximate surface area is 195 Å². The fraction of sp³-hybridized carbons (Fsp3) is 0.571. The third kappa shape index (κ3) is 5.67. The first-order valence-corrected chi connectivity index (χ1v) is 12.5. The summed E-state index contributed by atoms with van der Waals surface area (Å²) in [5.41, 5.74) is 1.08. The van der Waals surface area contributed by atoms with E-state index in [4.69, 9.17) is 9.47 Å². The van der Waals surface area contributed by atoms with Crippen LogP contribution in [0.25, 0.3) is 0 Å². The second-order valence-electron chi connectivity index (χ2n) is 9.88. The number of halogens is 3. The molecule has 0 unspecified atom stereocenters. The number of hydrogen-bond acceptors (Lipinski definition) is 2. The number of hydrogen-bond donors (Lipinski definition) is 0. The van der Waals surface area contributed by atoms with E-state index >= 15 is 4.39 Å². The lowest BCUT2D eigenvalue weighted by molar-refractivity contribution is 0.198. The smallest absolute Gasteiger partial charge is 0.168 e. The van der Waals surface area contributed by atoms with Gasteiger partial charge >= 0.3 is 0 Å². The van der Waals surface area contributed by atoms with Gasteiger partial charge in [0.05, 0.1) is 13.2 Å². The van der Waals surface area contributed by atoms with Crippen LogP contribution in [0.4, 0.5) is 13.2 Å². The molecule has 5 heteroatoms. The second kappa shape index (κ2) is 10.8. The molecule has 0 atom stereocenters. The van der Waals surface area contributed by atoms with Gasteiger partial charge in [-0.2, -0.15) is 0 Å². The highest BCUT2D eigenvalue weighted by molar-refractivity contribution is 5.33. The van der Waals surface area contributed by atoms with E-state index in [9.17, 15) is 8.78 Å². The van der Waals surface area contributed by atoms with Crippen molar-refractivity contribution in [2.75, 3.05) is 13.2 Å². The van der Waals surface area contributed by atoms with Crippen molar-refractivity contribution in [2.45, 2.75) is 77.0 Å². The minimum atomic E-state index is -0.643. The van der Waals surface area contributed by atoms with Gasteiger partial charge < -0.3 is 9.47 Å². The lowest BCUT2D eigenvalue weighted by Gasteiger charge is -2.30. The van der Waals surface area contributed by atoms with Crippen molar-refractivity contribution >= 4 is 0 Å². The Bertz CT molecular complexity index is 929. The molecular weight excluding hydrogens is 425 g/mol. The Morgan fingerprint density at radius 1 is 0.758 bits per heavy atom. The number of rotatable bonds is 7. The van der Waals surface area contributed by atoms with Crippen LogP contribution in [0.15, 0.2) is 30.3 Å². The van der Waals surface area contributed by atoms with E-state index < -0.39 is 17.5 Å². The standard InChI is InChI=1S/C28H35F3O2/c1-3-32-26-15-12-22(16-25(26)29)33-17-19-6-10-21(11-7-19)24-14-13-23(27(30)28(24)31)20-8-4-18(2)5-9-20/h12-16,18-21H,3-11,17H2,1-2H3. The van der Waals surface area contributed by atoms with Crippen molar-refractivity contribution in [3.63, 3.8) is 0 Å². The zero-order chi connectivity index (χ0) is 23.4. The lowest BCUT2D eigenvalue weighted by Crippen LogP contribution is -2.20. The minimum absolute atomic E-state index is 0.0408. The van der Waals surface area contributed by atoms with Crippen LogP contribution in [0.3, 0.4) is 0 Å². The molecule has 0 saturated heterocycles. The van der Waals surface area contributed by atoms with Gasteiger partial charge in [-0.05, 0) is 92.4 Å². The Kier molecular flexibility index (Phi) is 7.87. The SMILES string of the molecule is CCOc1ccc(OCC2CCC(c3ccc(C4CCC(C)CC4)c(F)c3F)CC2)cc1F. The maximum atomic E-state index is 15.0. The summed E-state index contributed by atoms with van der Waals surface area (Å²) in [7, 11) is 0. The zero-order valence-electron chi connectivity index (χ0n) is 19.7. The Morgan fingerprint density at radius 2 is 1.33 bits per heavy atom. The summed E-state index contributed by atoms with van der Waals surface area (Å²) in [5.74, 6) is 0.201. The molecule has 0 radical (unpaired) electrons. The van der Waals surface area contributed by atoms with E-state index in [-0.39, 0.29) is 17.6 Å². The van der Waals surface area contributed by atoms with Crippen molar-refractivity contribution in [3.8, 4) is 11.5 Å². The highest BCUT2D eigenvalue weighted by Gasteiger charge is 2.29. The molecule has 33 heavy (non-hydrogen) atoms. The molecule has 0 spiro atoms. The summed E-state index contributed by atoms with van der Waals surface area (Å²) in [4.78, 5) is 0. The van der Waals surface area contributed by atoms with Gasteiger partial charge in [0.15, 0.2) is 23.2 Å². The minimum Gasteiger partial charge on any atom is -0.493 e. The highest BCUT2D eigenvalue weighted by atomic mass is 19.2. The largest absolute Gasteiger partial charge is 0.493 e. The third-order valence-electron chi connectivity index (χ3n) is 7.57. The predicted molar refractivity (Wildman–Crippen MR) is 124 cm³/mol. The van der Waals surface area contributed by atoms with E-state index in [0.717, 1.165) is 51.4 Å². The van der Waals surface area contributed by atoms with Crippen molar-refractivity contribution in [2.24, 2.45) is 11.8 Å². The summed E-state index contributed by atoms with van der Waals surface area (Å²) in [5, 5.41) is 0. The van der Waals surface area contributed by atoms with Gasteiger partial charge in [0.2, 0.25) is 0 Å². The molecule has 2 aliphatic carbocycles. The average Bonchev–Trinajstić information content (AvgIpc) is 2.82. The third-order valence-corrected chi connectivity index (χ3v) is 7.57. The van der Waals surface area contributed by atoms with E-state index in [1.54, 1.807) is 12.1 Å². The fourth-order valence-electron chi connectivity index (χ4n) is 5.48. The first-order valence-electron chi connectivity index (χ1n) is 12.5. The van der Waals surface area contributed by atoms with Gasteiger partial charge in [-0.3, -0.25) is 0 Å². The quantitative estimate of drug-likeness (QED) is 0.415. The molecule has 2 fully saturated rings. The van der Waals surface area contributed by atoms with Crippen molar-refractivity contribution in [3.05, 3.63) is 58.9 Å². The Balaban J connectivity index is 1.31. The van der Waals surface area contributed by atoms with Gasteiger partial charge in [-0.1, -0.05) is 31.9 Å². The molecule has 2 saturated carbocycles. The molecule has 0 heterocycles. The molecule has 4 rings (SSSR count). The van der Waals surface area contributed by atoms with Crippen molar-refractivity contribution < 1.29 is 22.6 Å². The second-order valence-corrected chi connectivity index (χ2v) is 9.88. The van der Waals surface area contributed by atoms with E-state index in [0.29, 0.717) is 41.9 Å². The molecule has 2 nitrogen and oxygen atoms in total. The van der Waals surface area contributed by atoms with Gasteiger partial charge in [0.1, 0.15) is 5.75 Å². The van der Waals surface area contributed by atoms with Crippen LogP contribution in [-0.4, -0.2) is 13.2 Å².